The second kappa shape index (κ2) is 10.9. The van der Waals surface area contributed by atoms with Crippen molar-refractivity contribution in [1.29, 1.82) is 0 Å². The molecular formula is C21H29N5O2S. The van der Waals surface area contributed by atoms with Crippen LogP contribution in [0.25, 0.3) is 0 Å². The SMILES string of the molecule is CN=C(NCCc1csc(C)n1)NCc1cccc(C(=O)NCC2CCCO2)c1. The van der Waals surface area contributed by atoms with Crippen molar-refractivity contribution in [3.05, 3.63) is 51.5 Å². The Morgan fingerprint density at radius 3 is 2.97 bits per heavy atom. The van der Waals surface area contributed by atoms with Crippen molar-refractivity contribution in [3.8, 4) is 0 Å². The zero-order valence-electron chi connectivity index (χ0n) is 17.0. The lowest BCUT2D eigenvalue weighted by atomic mass is 10.1. The van der Waals surface area contributed by atoms with E-state index in [4.69, 9.17) is 4.74 Å². The highest BCUT2D eigenvalue weighted by Crippen LogP contribution is 2.11. The fourth-order valence-corrected chi connectivity index (χ4v) is 3.82. The molecule has 2 heterocycles. The van der Waals surface area contributed by atoms with Gasteiger partial charge in [0.2, 0.25) is 0 Å². The maximum Gasteiger partial charge on any atom is 0.251 e. The predicted octanol–water partition coefficient (Wildman–Crippen LogP) is 2.27. The van der Waals surface area contributed by atoms with Crippen molar-refractivity contribution >= 4 is 23.2 Å². The van der Waals surface area contributed by atoms with Crippen LogP contribution in [0.3, 0.4) is 0 Å². The van der Waals surface area contributed by atoms with Crippen LogP contribution in [-0.2, 0) is 17.7 Å². The first kappa shape index (κ1) is 21.3. The number of hydrogen-bond acceptors (Lipinski definition) is 5. The maximum absolute atomic E-state index is 12.4. The van der Waals surface area contributed by atoms with E-state index in [2.05, 4.69) is 31.3 Å². The van der Waals surface area contributed by atoms with E-state index in [1.807, 2.05) is 31.2 Å². The summed E-state index contributed by atoms with van der Waals surface area (Å²) in [5, 5.41) is 12.7. The third-order valence-corrected chi connectivity index (χ3v) is 5.55. The topological polar surface area (TPSA) is 87.6 Å². The fraction of sp³-hybridized carbons (Fsp3) is 0.476. The molecule has 2 aromatic rings. The molecule has 8 heteroatoms. The molecule has 7 nitrogen and oxygen atoms in total. The van der Waals surface area contributed by atoms with Crippen LogP contribution in [0.15, 0.2) is 34.6 Å². The predicted molar refractivity (Wildman–Crippen MR) is 117 cm³/mol. The second-order valence-electron chi connectivity index (χ2n) is 7.01. The minimum Gasteiger partial charge on any atom is -0.376 e. The van der Waals surface area contributed by atoms with Crippen LogP contribution in [0.2, 0.25) is 0 Å². The number of nitrogens with zero attached hydrogens (tertiary/aromatic N) is 2. The molecule has 1 aliphatic heterocycles. The van der Waals surface area contributed by atoms with E-state index in [0.29, 0.717) is 18.7 Å². The average Bonchev–Trinajstić information content (AvgIpc) is 3.40. The van der Waals surface area contributed by atoms with Gasteiger partial charge in [-0.2, -0.15) is 0 Å². The van der Waals surface area contributed by atoms with Crippen LogP contribution in [0.4, 0.5) is 0 Å². The van der Waals surface area contributed by atoms with Crippen molar-refractivity contribution in [1.82, 2.24) is 20.9 Å². The Kier molecular flexibility index (Phi) is 8.01. The smallest absolute Gasteiger partial charge is 0.251 e. The van der Waals surface area contributed by atoms with Crippen LogP contribution in [0, 0.1) is 6.92 Å². The Morgan fingerprint density at radius 1 is 1.34 bits per heavy atom. The number of thiazole rings is 1. The molecule has 0 bridgehead atoms. The number of hydrogen-bond donors (Lipinski definition) is 3. The first-order valence-corrected chi connectivity index (χ1v) is 10.9. The van der Waals surface area contributed by atoms with Crippen molar-refractivity contribution in [2.45, 2.75) is 38.8 Å². The first-order chi connectivity index (χ1) is 14.1. The third-order valence-electron chi connectivity index (χ3n) is 4.73. The number of aryl methyl sites for hydroxylation is 1. The number of guanidine groups is 1. The van der Waals surface area contributed by atoms with Gasteiger partial charge in [-0.25, -0.2) is 4.98 Å². The van der Waals surface area contributed by atoms with Crippen molar-refractivity contribution in [2.75, 3.05) is 26.7 Å². The number of ether oxygens (including phenoxy) is 1. The van der Waals surface area contributed by atoms with Gasteiger partial charge in [-0.15, -0.1) is 11.3 Å². The molecule has 1 saturated heterocycles. The van der Waals surface area contributed by atoms with E-state index in [1.165, 1.54) is 0 Å². The molecule has 1 fully saturated rings. The van der Waals surface area contributed by atoms with E-state index in [9.17, 15) is 4.79 Å². The van der Waals surface area contributed by atoms with E-state index in [0.717, 1.165) is 54.6 Å². The van der Waals surface area contributed by atoms with E-state index in [-0.39, 0.29) is 12.0 Å². The van der Waals surface area contributed by atoms with Crippen LogP contribution in [0.5, 0.6) is 0 Å². The van der Waals surface area contributed by atoms with E-state index < -0.39 is 0 Å². The molecule has 0 saturated carbocycles. The lowest BCUT2D eigenvalue weighted by Crippen LogP contribution is -2.38. The quantitative estimate of drug-likeness (QED) is 0.455. The number of nitrogens with one attached hydrogen (secondary N) is 3. The minimum atomic E-state index is -0.0663. The third kappa shape index (κ3) is 6.83. The highest BCUT2D eigenvalue weighted by atomic mass is 32.1. The fourth-order valence-electron chi connectivity index (χ4n) is 3.17. The summed E-state index contributed by atoms with van der Waals surface area (Å²) >= 11 is 1.67. The number of aliphatic imine (C=N–C) groups is 1. The highest BCUT2D eigenvalue weighted by molar-refractivity contribution is 7.09. The summed E-state index contributed by atoms with van der Waals surface area (Å²) in [5.41, 5.74) is 2.77. The van der Waals surface area contributed by atoms with Crippen LogP contribution >= 0.6 is 11.3 Å². The molecule has 0 aliphatic carbocycles. The molecule has 0 spiro atoms. The summed E-state index contributed by atoms with van der Waals surface area (Å²) in [4.78, 5) is 21.1. The summed E-state index contributed by atoms with van der Waals surface area (Å²) in [6, 6.07) is 7.63. The molecule has 1 aliphatic rings. The molecule has 1 aromatic carbocycles. The normalized spacial score (nSPS) is 16.6. The van der Waals surface area contributed by atoms with Crippen molar-refractivity contribution in [3.63, 3.8) is 0 Å². The minimum absolute atomic E-state index is 0.0663. The van der Waals surface area contributed by atoms with Crippen LogP contribution < -0.4 is 16.0 Å². The maximum atomic E-state index is 12.4. The monoisotopic (exact) mass is 415 g/mol. The van der Waals surface area contributed by atoms with Gasteiger partial charge in [0.1, 0.15) is 0 Å². The summed E-state index contributed by atoms with van der Waals surface area (Å²) in [7, 11) is 1.75. The Bertz CT molecular complexity index is 830. The Labute approximate surface area is 176 Å². The molecule has 0 radical (unpaired) electrons. The van der Waals surface area contributed by atoms with E-state index in [1.54, 1.807) is 18.4 Å². The lowest BCUT2D eigenvalue weighted by molar-refractivity contribution is 0.0857. The van der Waals surface area contributed by atoms with Gasteiger partial charge in [-0.05, 0) is 37.5 Å². The van der Waals surface area contributed by atoms with Gasteiger partial charge in [0.05, 0.1) is 16.8 Å². The summed E-state index contributed by atoms with van der Waals surface area (Å²) in [6.07, 6.45) is 3.08. The number of aromatic nitrogens is 1. The molecule has 3 N–H and O–H groups in total. The van der Waals surface area contributed by atoms with Gasteiger partial charge in [0.25, 0.3) is 5.91 Å². The zero-order chi connectivity index (χ0) is 20.5. The summed E-state index contributed by atoms with van der Waals surface area (Å²) in [5.74, 6) is 0.661. The Morgan fingerprint density at radius 2 is 2.24 bits per heavy atom. The van der Waals surface area contributed by atoms with Crippen molar-refractivity contribution in [2.24, 2.45) is 4.99 Å². The standard InChI is InChI=1S/C21H29N5O2S/c1-15-26-18(14-29-15)8-9-23-21(22-2)25-12-16-5-3-6-17(11-16)20(27)24-13-19-7-4-10-28-19/h3,5-6,11,14,19H,4,7-10,12-13H2,1-2H3,(H,24,27)(H2,22,23,25). The Hall–Kier alpha value is -2.45. The average molecular weight is 416 g/mol. The molecule has 1 aromatic heterocycles. The van der Waals surface area contributed by atoms with Crippen LogP contribution in [0.1, 0.15) is 39.5 Å². The van der Waals surface area contributed by atoms with Gasteiger partial charge in [-0.3, -0.25) is 9.79 Å². The van der Waals surface area contributed by atoms with E-state index >= 15 is 0 Å². The summed E-state index contributed by atoms with van der Waals surface area (Å²) < 4.78 is 5.55. The molecule has 156 valence electrons. The van der Waals surface area contributed by atoms with Crippen molar-refractivity contribution < 1.29 is 9.53 Å². The second-order valence-corrected chi connectivity index (χ2v) is 8.07. The molecule has 1 atom stereocenters. The number of carbonyl (C=O) groups excluding carboxylic acids is 1. The summed E-state index contributed by atoms with van der Waals surface area (Å²) in [6.45, 7) is 4.71. The number of amides is 1. The number of rotatable bonds is 8. The largest absolute Gasteiger partial charge is 0.376 e. The Balaban J connectivity index is 1.43. The number of carbonyl (C=O) groups is 1. The van der Waals surface area contributed by atoms with Gasteiger partial charge in [0, 0.05) is 50.7 Å². The molecule has 1 unspecified atom stereocenters. The number of benzene rings is 1. The van der Waals surface area contributed by atoms with Gasteiger partial charge in [-0.1, -0.05) is 12.1 Å². The molecule has 1 amide bonds. The molecule has 3 rings (SSSR count). The van der Waals surface area contributed by atoms with Gasteiger partial charge < -0.3 is 20.7 Å². The lowest BCUT2D eigenvalue weighted by Gasteiger charge is -2.13. The molecular weight excluding hydrogens is 386 g/mol. The van der Waals surface area contributed by atoms with Gasteiger partial charge in [0.15, 0.2) is 5.96 Å². The zero-order valence-corrected chi connectivity index (χ0v) is 17.8. The molecule has 29 heavy (non-hydrogen) atoms. The highest BCUT2D eigenvalue weighted by Gasteiger charge is 2.16. The van der Waals surface area contributed by atoms with Crippen LogP contribution in [-0.4, -0.2) is 49.7 Å². The van der Waals surface area contributed by atoms with Gasteiger partial charge >= 0.3 is 0 Å². The first-order valence-electron chi connectivity index (χ1n) is 9.98.